The molecule has 2 aromatic carbocycles. The van der Waals surface area contributed by atoms with Crippen LogP contribution >= 0.6 is 11.3 Å². The summed E-state index contributed by atoms with van der Waals surface area (Å²) in [6, 6.07) is 15.2. The SMILES string of the molecule is CC(C)C(C(=O)/C=C(\O)C(C(C)C)C(C)C)C(C)C.Cc1c([Si](C2CCCCC2)(C2CCCCC2)C2CCCCC2)sc2c(-c3[c-]c4ccccc4c([Si](C)(C)C)c3)ncnc12.[Ir]. The maximum atomic E-state index is 12.3. The van der Waals surface area contributed by atoms with Gasteiger partial charge in [0.25, 0.3) is 0 Å². The minimum absolute atomic E-state index is 0. The van der Waals surface area contributed by atoms with Gasteiger partial charge in [-0.05, 0) is 57.3 Å². The van der Waals surface area contributed by atoms with Crippen LogP contribution in [0.2, 0.25) is 36.3 Å². The van der Waals surface area contributed by atoms with Crippen molar-refractivity contribution in [2.24, 2.45) is 35.5 Å². The fraction of sp³-hybridized carbons (Fsp3) is 0.655. The number of aryl methyl sites for hydroxylation is 1. The molecule has 4 nitrogen and oxygen atoms in total. The molecule has 3 saturated carbocycles. The van der Waals surface area contributed by atoms with Crippen molar-refractivity contribution in [2.45, 2.75) is 195 Å². The van der Waals surface area contributed by atoms with Gasteiger partial charge in [0.2, 0.25) is 0 Å². The van der Waals surface area contributed by atoms with Crippen LogP contribution in [0.3, 0.4) is 0 Å². The molecule has 3 fully saturated rings. The number of aromatic nitrogens is 2. The Hall–Kier alpha value is -1.97. The van der Waals surface area contributed by atoms with Crippen molar-refractivity contribution in [1.29, 1.82) is 0 Å². The van der Waals surface area contributed by atoms with Gasteiger partial charge in [-0.2, -0.15) is 0 Å². The van der Waals surface area contributed by atoms with Gasteiger partial charge in [-0.15, -0.1) is 40.1 Å². The van der Waals surface area contributed by atoms with Crippen LogP contribution in [-0.4, -0.2) is 37.0 Å². The fourth-order valence-corrected chi connectivity index (χ4v) is 26.2. The van der Waals surface area contributed by atoms with Crippen molar-refractivity contribution in [3.63, 3.8) is 0 Å². The zero-order valence-corrected chi connectivity index (χ0v) is 46.5. The van der Waals surface area contributed by atoms with Gasteiger partial charge in [0.15, 0.2) is 5.78 Å². The van der Waals surface area contributed by atoms with Gasteiger partial charge in [-0.25, -0.2) is 4.98 Å². The molecule has 1 N–H and O–H groups in total. The summed E-state index contributed by atoms with van der Waals surface area (Å²) >= 11 is 2.18. The predicted octanol–water partition coefficient (Wildman–Crippen LogP) is 15.7. The van der Waals surface area contributed by atoms with E-state index in [0.29, 0.717) is 23.7 Å². The predicted molar refractivity (Wildman–Crippen MR) is 275 cm³/mol. The Labute approximate surface area is 403 Å². The van der Waals surface area contributed by atoms with Gasteiger partial charge in [0, 0.05) is 48.4 Å². The van der Waals surface area contributed by atoms with E-state index in [9.17, 15) is 9.90 Å². The zero-order valence-electron chi connectivity index (χ0n) is 41.3. The number of carbonyl (C=O) groups excluding carboxylic acids is 1. The first kappa shape index (κ1) is 52.0. The monoisotopic (exact) mass is 1080 g/mol. The third kappa shape index (κ3) is 11.4. The van der Waals surface area contributed by atoms with E-state index in [-0.39, 0.29) is 43.5 Å². The Morgan fingerprint density at radius 3 is 1.67 bits per heavy atom. The van der Waals surface area contributed by atoms with Crippen LogP contribution in [-0.2, 0) is 24.9 Å². The van der Waals surface area contributed by atoms with Crippen molar-refractivity contribution < 1.29 is 30.0 Å². The number of nitrogens with zero attached hydrogens (tertiary/aromatic N) is 2. The summed E-state index contributed by atoms with van der Waals surface area (Å²) < 4.78 is 3.21. The second-order valence-corrected chi connectivity index (χ2v) is 33.5. The van der Waals surface area contributed by atoms with Gasteiger partial charge in [-0.1, -0.05) is 200 Å². The largest absolute Gasteiger partial charge is 0.512 e. The maximum absolute atomic E-state index is 12.3. The summed E-state index contributed by atoms with van der Waals surface area (Å²) in [7, 11) is -3.44. The number of aliphatic hydroxyl groups excluding tert-OH is 1. The van der Waals surface area contributed by atoms with Gasteiger partial charge in [0.05, 0.1) is 19.3 Å². The topological polar surface area (TPSA) is 63.1 Å². The van der Waals surface area contributed by atoms with Gasteiger partial charge in [-0.3, -0.25) is 9.78 Å². The van der Waals surface area contributed by atoms with Gasteiger partial charge < -0.3 is 5.11 Å². The Morgan fingerprint density at radius 2 is 1.21 bits per heavy atom. The number of benzene rings is 2. The van der Waals surface area contributed by atoms with Crippen LogP contribution in [0, 0.1) is 48.5 Å². The molecular formula is C55H83IrN2O2SSi2-. The van der Waals surface area contributed by atoms with Gasteiger partial charge >= 0.3 is 0 Å². The van der Waals surface area contributed by atoms with Crippen LogP contribution < -0.4 is 9.69 Å². The molecule has 0 amide bonds. The van der Waals surface area contributed by atoms with Crippen molar-refractivity contribution in [1.82, 2.24) is 9.97 Å². The number of fused-ring (bicyclic) bond motifs is 2. The Balaban J connectivity index is 0.000000319. The minimum atomic E-state index is -1.86. The number of aliphatic hydroxyl groups is 1. The van der Waals surface area contributed by atoms with Crippen LogP contribution in [0.4, 0.5) is 0 Å². The normalized spacial score (nSPS) is 18.0. The van der Waals surface area contributed by atoms with E-state index in [1.807, 2.05) is 10.8 Å². The first-order valence-corrected chi connectivity index (χ1v) is 31.7. The van der Waals surface area contributed by atoms with Crippen LogP contribution in [0.25, 0.3) is 32.2 Å². The van der Waals surface area contributed by atoms with Gasteiger partial charge in [0.1, 0.15) is 14.4 Å². The Kier molecular flexibility index (Phi) is 18.7. The minimum Gasteiger partial charge on any atom is -0.512 e. The van der Waals surface area contributed by atoms with E-state index < -0.39 is 16.1 Å². The number of ketones is 1. The van der Waals surface area contributed by atoms with Crippen molar-refractivity contribution >= 4 is 63.9 Å². The van der Waals surface area contributed by atoms with E-state index in [4.69, 9.17) is 9.97 Å². The first-order valence-electron chi connectivity index (χ1n) is 25.1. The standard InChI is InChI=1S/C38H51N2SSi2.C17H32O2.Ir/c1-27-35-37(36(40-26-39-35)29-24-28-16-14-15-23-33(28)34(25-29)42(2,3)4)41-38(27)43(30-17-8-5-9-18-30,31-19-10-6-11-20-31)32-21-12-7-13-22-32;1-10(2)16(11(3)4)14(18)9-15(19)17(12(5)6)13(7)8;/h14-16,23,25-26,30-32H,5-13,17-22H2,1-4H3;9-13,16-18H,1-8H3;/q-1;;/b;14-9-;. The molecule has 3 aliphatic rings. The molecule has 349 valence electrons. The first-order chi connectivity index (χ1) is 29.5. The molecule has 63 heavy (non-hydrogen) atoms. The number of hydrogen-bond acceptors (Lipinski definition) is 5. The van der Waals surface area contributed by atoms with Crippen molar-refractivity contribution in [2.75, 3.05) is 0 Å². The molecule has 0 unspecified atom stereocenters. The molecule has 8 heteroatoms. The summed E-state index contributed by atoms with van der Waals surface area (Å²) in [5, 5.41) is 14.4. The Bertz CT molecular complexity index is 2070. The van der Waals surface area contributed by atoms with Crippen LogP contribution in [0.5, 0.6) is 0 Å². The second-order valence-electron chi connectivity index (χ2n) is 22.3. The third-order valence-electron chi connectivity index (χ3n) is 15.6. The quantitative estimate of drug-likeness (QED) is 0.0627. The van der Waals surface area contributed by atoms with Crippen molar-refractivity contribution in [3.05, 3.63) is 60.1 Å². The summed E-state index contributed by atoms with van der Waals surface area (Å²) in [6.45, 7) is 26.5. The fourth-order valence-electron chi connectivity index (χ4n) is 13.1. The smallest absolute Gasteiger partial charge is 0.162 e. The molecule has 2 aromatic heterocycles. The van der Waals surface area contributed by atoms with E-state index >= 15 is 0 Å². The average molecular weight is 1080 g/mol. The van der Waals surface area contributed by atoms with Crippen molar-refractivity contribution in [3.8, 4) is 11.3 Å². The molecule has 0 atom stereocenters. The molecule has 1 radical (unpaired) electrons. The summed E-state index contributed by atoms with van der Waals surface area (Å²) in [6.07, 6.45) is 25.4. The van der Waals surface area contributed by atoms with Crippen LogP contribution in [0.1, 0.15) is 157 Å². The molecule has 0 bridgehead atoms. The van der Waals surface area contributed by atoms with E-state index in [0.717, 1.165) is 22.3 Å². The molecule has 0 saturated heterocycles. The summed E-state index contributed by atoms with van der Waals surface area (Å²) in [5.74, 6) is 1.63. The summed E-state index contributed by atoms with van der Waals surface area (Å²) in [4.78, 5) is 22.5. The number of hydrogen-bond donors (Lipinski definition) is 1. The molecular weight excluding hydrogens is 1000 g/mol. The molecule has 0 spiro atoms. The maximum Gasteiger partial charge on any atom is 0.162 e. The van der Waals surface area contributed by atoms with Crippen LogP contribution in [0.15, 0.2) is 48.5 Å². The Morgan fingerprint density at radius 1 is 0.730 bits per heavy atom. The van der Waals surface area contributed by atoms with E-state index in [2.05, 4.69) is 130 Å². The number of allylic oxidation sites excluding steroid dienone is 2. The average Bonchev–Trinajstić information content (AvgIpc) is 3.57. The molecule has 3 aliphatic carbocycles. The number of carbonyl (C=O) groups is 1. The molecule has 4 aromatic rings. The molecule has 0 aliphatic heterocycles. The number of rotatable bonds is 13. The number of thiophene rings is 1. The second kappa shape index (κ2) is 22.7. The third-order valence-corrected chi connectivity index (χ3v) is 27.1. The zero-order chi connectivity index (χ0) is 44.9. The molecule has 2 heterocycles. The van der Waals surface area contributed by atoms with E-state index in [1.165, 1.54) is 134 Å². The van der Waals surface area contributed by atoms with E-state index in [1.54, 1.807) is 5.56 Å². The molecule has 7 rings (SSSR count). The summed E-state index contributed by atoms with van der Waals surface area (Å²) in [5.41, 5.74) is 7.98.